The van der Waals surface area contributed by atoms with Crippen molar-refractivity contribution in [2.45, 2.75) is 33.2 Å². The van der Waals surface area contributed by atoms with E-state index in [1.807, 2.05) is 32.6 Å². The molecule has 0 aliphatic carbocycles. The van der Waals surface area contributed by atoms with Gasteiger partial charge in [-0.25, -0.2) is 8.78 Å². The van der Waals surface area contributed by atoms with Gasteiger partial charge >= 0.3 is 0 Å². The van der Waals surface area contributed by atoms with Crippen molar-refractivity contribution in [1.29, 1.82) is 0 Å². The van der Waals surface area contributed by atoms with Crippen LogP contribution in [0.15, 0.2) is 24.3 Å². The minimum Gasteiger partial charge on any atom is -0.346 e. The maximum absolute atomic E-state index is 14.0. The largest absolute Gasteiger partial charge is 0.346 e. The lowest BCUT2D eigenvalue weighted by Crippen LogP contribution is -2.51. The highest BCUT2D eigenvalue weighted by Crippen LogP contribution is 2.22. The van der Waals surface area contributed by atoms with Gasteiger partial charge in [0.25, 0.3) is 11.8 Å². The Morgan fingerprint density at radius 1 is 1.12 bits per heavy atom. The molecule has 11 heteroatoms. The molecule has 2 amide bonds. The van der Waals surface area contributed by atoms with E-state index in [4.69, 9.17) is 0 Å². The average molecular weight is 476 g/mol. The summed E-state index contributed by atoms with van der Waals surface area (Å²) in [4.78, 5) is 29.8. The number of aromatic nitrogens is 2. The highest BCUT2D eigenvalue weighted by Gasteiger charge is 2.26. The number of hydrogen-bond acceptors (Lipinski definition) is 7. The first kappa shape index (κ1) is 25.4. The van der Waals surface area contributed by atoms with Crippen molar-refractivity contribution in [2.75, 3.05) is 49.6 Å². The number of hydrogen-bond donors (Lipinski definition) is 3. The molecule has 1 aromatic carbocycles. The maximum Gasteiger partial charge on any atom is 0.276 e. The minimum absolute atomic E-state index is 0.0196. The van der Waals surface area contributed by atoms with Gasteiger partial charge in [-0.3, -0.25) is 14.9 Å². The lowest BCUT2D eigenvalue weighted by atomic mass is 10.0. The lowest BCUT2D eigenvalue weighted by molar-refractivity contribution is 0.0890. The third-order valence-corrected chi connectivity index (χ3v) is 5.59. The molecule has 0 radical (unpaired) electrons. The molecule has 2 heterocycles. The van der Waals surface area contributed by atoms with Gasteiger partial charge in [-0.1, -0.05) is 13.8 Å². The Bertz CT molecular complexity index is 1020. The number of anilines is 2. The van der Waals surface area contributed by atoms with Crippen molar-refractivity contribution in [3.8, 4) is 0 Å². The second kappa shape index (κ2) is 10.8. The minimum atomic E-state index is -1.19. The first-order chi connectivity index (χ1) is 16.1. The summed E-state index contributed by atoms with van der Waals surface area (Å²) in [6.45, 7) is 12.1. The molecule has 0 unspecified atom stereocenters. The molecule has 1 saturated heterocycles. The van der Waals surface area contributed by atoms with Crippen LogP contribution in [0.2, 0.25) is 0 Å². The van der Waals surface area contributed by atoms with Crippen molar-refractivity contribution < 1.29 is 18.4 Å². The van der Waals surface area contributed by atoms with Gasteiger partial charge in [0.1, 0.15) is 0 Å². The highest BCUT2D eigenvalue weighted by atomic mass is 19.2. The number of amides is 2. The van der Waals surface area contributed by atoms with Gasteiger partial charge in [-0.05, 0) is 45.1 Å². The van der Waals surface area contributed by atoms with Crippen molar-refractivity contribution in [2.24, 2.45) is 0 Å². The van der Waals surface area contributed by atoms with Crippen LogP contribution in [-0.4, -0.2) is 71.8 Å². The summed E-state index contributed by atoms with van der Waals surface area (Å²) in [7, 11) is 0. The van der Waals surface area contributed by atoms with Gasteiger partial charge in [0.2, 0.25) is 0 Å². The Balaban J connectivity index is 1.78. The van der Waals surface area contributed by atoms with Crippen molar-refractivity contribution in [1.82, 2.24) is 25.7 Å². The standard InChI is InChI=1S/C23H31F2N7O2/c1-5-31(6-2)13-23(3,4)28-21(33)15-11-16(24)17(25)12-19(15)27-22(34)18-7-8-20(30-29-18)32-10-9-26-14-32/h7-8,11-12,26H,5-6,9-10,13-14H2,1-4H3,(H,27,34)(H,28,33). The zero-order valence-corrected chi connectivity index (χ0v) is 19.9. The van der Waals surface area contributed by atoms with E-state index < -0.39 is 29.0 Å². The van der Waals surface area contributed by atoms with Crippen molar-refractivity contribution >= 4 is 23.3 Å². The fourth-order valence-corrected chi connectivity index (χ4v) is 3.76. The molecule has 3 rings (SSSR count). The van der Waals surface area contributed by atoms with Crippen LogP contribution >= 0.6 is 0 Å². The molecule has 1 aliphatic heterocycles. The topological polar surface area (TPSA) is 102 Å². The number of carbonyl (C=O) groups is 2. The Kier molecular flexibility index (Phi) is 8.11. The summed E-state index contributed by atoms with van der Waals surface area (Å²) in [5, 5.41) is 16.5. The van der Waals surface area contributed by atoms with E-state index in [-0.39, 0.29) is 16.9 Å². The number of likely N-dealkylation sites (N-methyl/N-ethyl adjacent to an activating group) is 1. The van der Waals surface area contributed by atoms with Crippen LogP contribution in [0.5, 0.6) is 0 Å². The van der Waals surface area contributed by atoms with Gasteiger partial charge < -0.3 is 20.4 Å². The summed E-state index contributed by atoms with van der Waals surface area (Å²) in [5.74, 6) is -3.08. The fraction of sp³-hybridized carbons (Fsp3) is 0.478. The molecule has 9 nitrogen and oxygen atoms in total. The summed E-state index contributed by atoms with van der Waals surface area (Å²) in [5.41, 5.74) is -1.02. The first-order valence-corrected chi connectivity index (χ1v) is 11.3. The van der Waals surface area contributed by atoms with Crippen molar-refractivity contribution in [3.63, 3.8) is 0 Å². The van der Waals surface area contributed by atoms with E-state index in [0.717, 1.165) is 38.3 Å². The molecule has 1 fully saturated rings. The van der Waals surface area contributed by atoms with Crippen LogP contribution in [0.25, 0.3) is 0 Å². The third-order valence-electron chi connectivity index (χ3n) is 5.59. The van der Waals surface area contributed by atoms with Gasteiger partial charge in [0.05, 0.1) is 17.9 Å². The van der Waals surface area contributed by atoms with Gasteiger partial charge in [0, 0.05) is 31.2 Å². The first-order valence-electron chi connectivity index (χ1n) is 11.3. The number of nitrogens with one attached hydrogen (secondary N) is 3. The molecule has 0 spiro atoms. The number of rotatable bonds is 9. The van der Waals surface area contributed by atoms with Gasteiger partial charge in [0.15, 0.2) is 23.1 Å². The predicted molar refractivity (Wildman–Crippen MR) is 126 cm³/mol. The quantitative estimate of drug-likeness (QED) is 0.511. The molecule has 1 aromatic heterocycles. The van der Waals surface area contributed by atoms with E-state index >= 15 is 0 Å². The fourth-order valence-electron chi connectivity index (χ4n) is 3.76. The zero-order chi connectivity index (χ0) is 24.9. The van der Waals surface area contributed by atoms with Crippen LogP contribution in [0, 0.1) is 11.6 Å². The lowest BCUT2D eigenvalue weighted by Gasteiger charge is -2.32. The van der Waals surface area contributed by atoms with E-state index in [0.29, 0.717) is 19.0 Å². The van der Waals surface area contributed by atoms with E-state index in [9.17, 15) is 18.4 Å². The summed E-state index contributed by atoms with van der Waals surface area (Å²) in [6.07, 6.45) is 0. The Labute approximate surface area is 197 Å². The normalized spacial score (nSPS) is 13.9. The van der Waals surface area contributed by atoms with Crippen LogP contribution in [0.3, 0.4) is 0 Å². The maximum atomic E-state index is 14.0. The number of nitrogens with zero attached hydrogens (tertiary/aromatic N) is 4. The summed E-state index contributed by atoms with van der Waals surface area (Å²) >= 11 is 0. The van der Waals surface area contributed by atoms with Crippen LogP contribution in [0.1, 0.15) is 48.5 Å². The Morgan fingerprint density at radius 3 is 2.41 bits per heavy atom. The Morgan fingerprint density at radius 2 is 1.82 bits per heavy atom. The molecule has 3 N–H and O–H groups in total. The van der Waals surface area contributed by atoms with Gasteiger partial charge in [-0.15, -0.1) is 10.2 Å². The smallest absolute Gasteiger partial charge is 0.276 e. The van der Waals surface area contributed by atoms with Gasteiger partial charge in [-0.2, -0.15) is 0 Å². The van der Waals surface area contributed by atoms with E-state index in [1.54, 1.807) is 6.07 Å². The monoisotopic (exact) mass is 475 g/mol. The SMILES string of the molecule is CCN(CC)CC(C)(C)NC(=O)c1cc(F)c(F)cc1NC(=O)c1ccc(N2CCNC2)nn1. The van der Waals surface area contributed by atoms with Crippen molar-refractivity contribution in [3.05, 3.63) is 47.2 Å². The average Bonchev–Trinajstić information content (AvgIpc) is 3.34. The third kappa shape index (κ3) is 6.23. The molecule has 0 atom stereocenters. The molecular formula is C23H31F2N7O2. The molecule has 2 aromatic rings. The molecule has 0 saturated carbocycles. The molecule has 0 bridgehead atoms. The zero-order valence-electron chi connectivity index (χ0n) is 19.9. The number of carbonyl (C=O) groups excluding carboxylic acids is 2. The van der Waals surface area contributed by atoms with Crippen LogP contribution in [0.4, 0.5) is 20.3 Å². The molecule has 184 valence electrons. The van der Waals surface area contributed by atoms with E-state index in [1.165, 1.54) is 6.07 Å². The molecular weight excluding hydrogens is 444 g/mol. The summed E-state index contributed by atoms with van der Waals surface area (Å²) < 4.78 is 28.0. The highest BCUT2D eigenvalue weighted by molar-refractivity contribution is 6.08. The molecule has 1 aliphatic rings. The van der Waals surface area contributed by atoms with Crippen LogP contribution in [-0.2, 0) is 0 Å². The summed E-state index contributed by atoms with van der Waals surface area (Å²) in [6, 6.07) is 4.71. The predicted octanol–water partition coefficient (Wildman–Crippen LogP) is 2.22. The van der Waals surface area contributed by atoms with Crippen LogP contribution < -0.4 is 20.9 Å². The van der Waals surface area contributed by atoms with E-state index in [2.05, 4.69) is 31.0 Å². The Hall–Kier alpha value is -3.18. The number of halogens is 2. The second-order valence-electron chi connectivity index (χ2n) is 8.76. The second-order valence-corrected chi connectivity index (χ2v) is 8.76. The number of benzene rings is 1. The molecule has 34 heavy (non-hydrogen) atoms.